The lowest BCUT2D eigenvalue weighted by Gasteiger charge is -2.40. The molecule has 2 aliphatic rings. The second kappa shape index (κ2) is 10.8. The Bertz CT molecular complexity index is 1100. The summed E-state index contributed by atoms with van der Waals surface area (Å²) in [6.45, 7) is 8.12. The molecule has 1 aromatic rings. The molecular weight excluding hydrogens is 511 g/mol. The molecule has 0 unspecified atom stereocenters. The lowest BCUT2D eigenvalue weighted by molar-refractivity contribution is -0.279. The summed E-state index contributed by atoms with van der Waals surface area (Å²) in [5.41, 5.74) is -1.53. The van der Waals surface area contributed by atoms with Crippen molar-refractivity contribution in [2.24, 2.45) is 11.3 Å². The Morgan fingerprint density at radius 2 is 1.89 bits per heavy atom. The van der Waals surface area contributed by atoms with Gasteiger partial charge in [-0.2, -0.15) is 4.89 Å². The van der Waals surface area contributed by atoms with Gasteiger partial charge in [0.1, 0.15) is 16.8 Å². The molecule has 2 heterocycles. The molecule has 2 atom stereocenters. The molecule has 11 heteroatoms. The van der Waals surface area contributed by atoms with Crippen molar-refractivity contribution in [3.8, 4) is 0 Å². The summed E-state index contributed by atoms with van der Waals surface area (Å²) in [6.07, 6.45) is 0.724. The molecule has 2 amide bonds. The molecule has 0 aliphatic carbocycles. The van der Waals surface area contributed by atoms with Crippen LogP contribution >= 0.6 is 23.2 Å². The van der Waals surface area contributed by atoms with Crippen LogP contribution in [0.4, 0.5) is 4.79 Å². The number of hydrogen-bond donors (Lipinski definition) is 0. The van der Waals surface area contributed by atoms with E-state index in [1.165, 1.54) is 16.7 Å². The fourth-order valence-corrected chi connectivity index (χ4v) is 4.95. The van der Waals surface area contributed by atoms with E-state index in [0.717, 1.165) is 0 Å². The van der Waals surface area contributed by atoms with Crippen molar-refractivity contribution in [2.45, 2.75) is 53.2 Å². The van der Waals surface area contributed by atoms with E-state index in [2.05, 4.69) is 0 Å². The molecule has 1 aromatic carbocycles. The quantitative estimate of drug-likeness (QED) is 0.369. The monoisotopic (exact) mass is 540 g/mol. The lowest BCUT2D eigenvalue weighted by atomic mass is 9.71. The molecule has 196 valence electrons. The SMILES string of the molecule is CCOOC(=O)[C@]12CN(C(=O)OC(C)(C)C)CC=C1N(Cc1ccc(Cl)cc1Cl)C(=O)[C@H]2CC(C)=O. The molecule has 36 heavy (non-hydrogen) atoms. The van der Waals surface area contributed by atoms with Crippen LogP contribution in [0, 0.1) is 11.3 Å². The highest BCUT2D eigenvalue weighted by Crippen LogP contribution is 2.51. The minimum absolute atomic E-state index is 0.0329. The average Bonchev–Trinajstić information content (AvgIpc) is 3.00. The van der Waals surface area contributed by atoms with Crippen LogP contribution in [-0.4, -0.2) is 58.9 Å². The van der Waals surface area contributed by atoms with Crippen LogP contribution in [0.15, 0.2) is 30.0 Å². The van der Waals surface area contributed by atoms with E-state index in [4.69, 9.17) is 37.7 Å². The first-order valence-electron chi connectivity index (χ1n) is 11.6. The number of rotatable bonds is 7. The van der Waals surface area contributed by atoms with Gasteiger partial charge in [-0.15, -0.1) is 0 Å². The normalized spacial score (nSPS) is 21.7. The molecule has 3 rings (SSSR count). The number of likely N-dealkylation sites (tertiary alicyclic amines) is 1. The Morgan fingerprint density at radius 3 is 2.47 bits per heavy atom. The number of fused-ring (bicyclic) bond motifs is 1. The standard InChI is InChI=1S/C25H30Cl2N2O7/c1-6-34-36-22(32)25-14-28(23(33)35-24(3,4)5)10-9-20(25)29(21(31)18(25)11-15(2)30)13-16-7-8-17(26)12-19(16)27/h7-9,12,18H,6,10-11,13-14H2,1-5H3/t18-,25+/m1/s1. The number of halogens is 2. The summed E-state index contributed by atoms with van der Waals surface area (Å²) in [5, 5.41) is 0.782. The van der Waals surface area contributed by atoms with Gasteiger partial charge in [-0.3, -0.25) is 9.68 Å². The van der Waals surface area contributed by atoms with Crippen LogP contribution in [0.3, 0.4) is 0 Å². The van der Waals surface area contributed by atoms with E-state index in [1.807, 2.05) is 0 Å². The van der Waals surface area contributed by atoms with E-state index in [-0.39, 0.29) is 38.4 Å². The minimum Gasteiger partial charge on any atom is -0.444 e. The van der Waals surface area contributed by atoms with Gasteiger partial charge in [-0.05, 0) is 58.4 Å². The van der Waals surface area contributed by atoms with Crippen molar-refractivity contribution in [1.29, 1.82) is 0 Å². The second-order valence-corrected chi connectivity index (χ2v) is 10.7. The van der Waals surface area contributed by atoms with Crippen molar-refractivity contribution in [3.63, 3.8) is 0 Å². The topological polar surface area (TPSA) is 102 Å². The van der Waals surface area contributed by atoms with Crippen LogP contribution in [0.25, 0.3) is 0 Å². The van der Waals surface area contributed by atoms with Crippen molar-refractivity contribution in [2.75, 3.05) is 19.7 Å². The van der Waals surface area contributed by atoms with Gasteiger partial charge in [0, 0.05) is 35.3 Å². The second-order valence-electron chi connectivity index (χ2n) is 9.82. The van der Waals surface area contributed by atoms with Gasteiger partial charge in [-0.1, -0.05) is 29.3 Å². The smallest absolute Gasteiger partial charge is 0.410 e. The zero-order valence-corrected chi connectivity index (χ0v) is 22.4. The fourth-order valence-electron chi connectivity index (χ4n) is 4.48. The van der Waals surface area contributed by atoms with Gasteiger partial charge in [-0.25, -0.2) is 9.59 Å². The number of carbonyl (C=O) groups is 4. The van der Waals surface area contributed by atoms with Gasteiger partial charge in [0.15, 0.2) is 0 Å². The molecule has 2 aliphatic heterocycles. The summed E-state index contributed by atoms with van der Waals surface area (Å²) in [5.74, 6) is -2.74. The Hall–Kier alpha value is -2.62. The highest BCUT2D eigenvalue weighted by molar-refractivity contribution is 6.35. The number of hydrogen-bond acceptors (Lipinski definition) is 7. The molecular formula is C25H30Cl2N2O7. The van der Waals surface area contributed by atoms with Crippen LogP contribution < -0.4 is 0 Å². The molecule has 0 radical (unpaired) electrons. The molecule has 0 saturated carbocycles. The lowest BCUT2D eigenvalue weighted by Crippen LogP contribution is -2.54. The highest BCUT2D eigenvalue weighted by atomic mass is 35.5. The first kappa shape index (κ1) is 28.0. The van der Waals surface area contributed by atoms with Crippen LogP contribution in [-0.2, 0) is 35.4 Å². The molecule has 0 spiro atoms. The number of Topliss-reactive ketones (excluding diaryl/α,β-unsaturated/α-hetero) is 1. The van der Waals surface area contributed by atoms with Crippen molar-refractivity contribution < 1.29 is 33.7 Å². The summed E-state index contributed by atoms with van der Waals surface area (Å²) >= 11 is 12.4. The Morgan fingerprint density at radius 1 is 1.19 bits per heavy atom. The van der Waals surface area contributed by atoms with Crippen molar-refractivity contribution in [3.05, 3.63) is 45.6 Å². The van der Waals surface area contributed by atoms with Crippen LogP contribution in [0.5, 0.6) is 0 Å². The number of nitrogens with zero attached hydrogens (tertiary/aromatic N) is 2. The summed E-state index contributed by atoms with van der Waals surface area (Å²) < 4.78 is 5.50. The van der Waals surface area contributed by atoms with Gasteiger partial charge >= 0.3 is 12.1 Å². The maximum Gasteiger partial charge on any atom is 0.410 e. The van der Waals surface area contributed by atoms with Gasteiger partial charge in [0.05, 0.1) is 19.1 Å². The Labute approximate surface area is 220 Å². The van der Waals surface area contributed by atoms with E-state index in [1.54, 1.807) is 52.0 Å². The van der Waals surface area contributed by atoms with E-state index in [0.29, 0.717) is 21.3 Å². The molecule has 1 fully saturated rings. The Balaban J connectivity index is 2.11. The molecule has 9 nitrogen and oxygen atoms in total. The summed E-state index contributed by atoms with van der Waals surface area (Å²) in [6, 6.07) is 4.89. The minimum atomic E-state index is -1.67. The van der Waals surface area contributed by atoms with Crippen molar-refractivity contribution in [1.82, 2.24) is 9.80 Å². The van der Waals surface area contributed by atoms with E-state index >= 15 is 0 Å². The van der Waals surface area contributed by atoms with Gasteiger partial charge in [0.2, 0.25) is 5.91 Å². The maximum atomic E-state index is 13.8. The van der Waals surface area contributed by atoms with Gasteiger partial charge < -0.3 is 19.3 Å². The number of benzene rings is 1. The zero-order valence-electron chi connectivity index (χ0n) is 20.9. The number of carbonyl (C=O) groups excluding carboxylic acids is 4. The van der Waals surface area contributed by atoms with Crippen LogP contribution in [0.2, 0.25) is 10.0 Å². The zero-order chi connectivity index (χ0) is 26.8. The first-order chi connectivity index (χ1) is 16.8. The predicted molar refractivity (Wildman–Crippen MR) is 132 cm³/mol. The molecule has 0 N–H and O–H groups in total. The number of ether oxygens (including phenoxy) is 1. The number of amides is 2. The first-order valence-corrected chi connectivity index (χ1v) is 12.3. The maximum absolute atomic E-state index is 13.8. The highest BCUT2D eigenvalue weighted by Gasteiger charge is 2.64. The Kier molecular flexibility index (Phi) is 8.37. The third-order valence-corrected chi connectivity index (χ3v) is 6.54. The molecule has 1 saturated heterocycles. The largest absolute Gasteiger partial charge is 0.444 e. The van der Waals surface area contributed by atoms with E-state index < -0.39 is 34.9 Å². The molecule has 0 bridgehead atoms. The third kappa shape index (κ3) is 5.68. The van der Waals surface area contributed by atoms with Crippen LogP contribution in [0.1, 0.15) is 46.6 Å². The summed E-state index contributed by atoms with van der Waals surface area (Å²) in [7, 11) is 0. The molecule has 0 aromatic heterocycles. The fraction of sp³-hybridized carbons (Fsp3) is 0.520. The van der Waals surface area contributed by atoms with Gasteiger partial charge in [0.25, 0.3) is 0 Å². The van der Waals surface area contributed by atoms with Crippen molar-refractivity contribution >= 4 is 47.0 Å². The predicted octanol–water partition coefficient (Wildman–Crippen LogP) is 4.55. The third-order valence-electron chi connectivity index (χ3n) is 5.96. The number of ketones is 1. The summed E-state index contributed by atoms with van der Waals surface area (Å²) in [4.78, 5) is 65.2. The average molecular weight is 541 g/mol. The van der Waals surface area contributed by atoms with E-state index in [9.17, 15) is 19.2 Å².